The van der Waals surface area contributed by atoms with Crippen molar-refractivity contribution in [1.82, 2.24) is 14.1 Å². The van der Waals surface area contributed by atoms with Gasteiger partial charge < -0.3 is 19.1 Å². The number of hydrogen-bond donors (Lipinski definition) is 0. The highest BCUT2D eigenvalue weighted by molar-refractivity contribution is 7.89. The quantitative estimate of drug-likeness (QED) is 0.584. The van der Waals surface area contributed by atoms with Gasteiger partial charge in [-0.15, -0.1) is 0 Å². The highest BCUT2D eigenvalue weighted by Gasteiger charge is 2.35. The minimum Gasteiger partial charge on any atom is -0.496 e. The number of piperidine rings is 1. The number of carbonyl (C=O) groups excluding carboxylic acids is 1. The van der Waals surface area contributed by atoms with Crippen molar-refractivity contribution in [1.29, 1.82) is 0 Å². The van der Waals surface area contributed by atoms with Crippen molar-refractivity contribution in [2.45, 2.75) is 31.2 Å². The molecule has 2 fully saturated rings. The van der Waals surface area contributed by atoms with Gasteiger partial charge in [-0.05, 0) is 61.2 Å². The zero-order valence-electron chi connectivity index (χ0n) is 20.8. The number of fused-ring (bicyclic) bond motifs is 1. The third-order valence-electron chi connectivity index (χ3n) is 7.33. The summed E-state index contributed by atoms with van der Waals surface area (Å²) in [6.07, 6.45) is 1.09. The van der Waals surface area contributed by atoms with Crippen LogP contribution in [0.25, 0.3) is 0 Å². The molecule has 9 nitrogen and oxygen atoms in total. The Morgan fingerprint density at radius 1 is 0.972 bits per heavy atom. The fourth-order valence-electron chi connectivity index (χ4n) is 5.19. The van der Waals surface area contributed by atoms with Crippen molar-refractivity contribution < 1.29 is 27.4 Å². The third-order valence-corrected chi connectivity index (χ3v) is 9.23. The van der Waals surface area contributed by atoms with Crippen LogP contribution in [0.1, 0.15) is 24.0 Å². The normalized spacial score (nSPS) is 19.4. The topological polar surface area (TPSA) is 88.6 Å². The number of rotatable bonds is 6. The van der Waals surface area contributed by atoms with Crippen LogP contribution in [0.2, 0.25) is 0 Å². The molecule has 0 N–H and O–H groups in total. The number of carbonyl (C=O) groups is 1. The summed E-state index contributed by atoms with van der Waals surface area (Å²) in [5.74, 6) is 2.25. The van der Waals surface area contributed by atoms with E-state index >= 15 is 0 Å². The number of aryl methyl sites for hydroxylation is 1. The minimum atomic E-state index is -3.60. The number of sulfonamides is 1. The summed E-state index contributed by atoms with van der Waals surface area (Å²) in [5, 5.41) is 0. The molecule has 36 heavy (non-hydrogen) atoms. The molecule has 5 rings (SSSR count). The molecule has 0 unspecified atom stereocenters. The van der Waals surface area contributed by atoms with Crippen molar-refractivity contribution in [3.63, 3.8) is 0 Å². The molecule has 1 amide bonds. The average molecular weight is 516 g/mol. The van der Waals surface area contributed by atoms with Gasteiger partial charge in [0.05, 0.1) is 12.0 Å². The van der Waals surface area contributed by atoms with E-state index in [1.165, 1.54) is 9.87 Å². The summed E-state index contributed by atoms with van der Waals surface area (Å²) in [5.41, 5.74) is 1.95. The first-order valence-corrected chi connectivity index (χ1v) is 13.8. The summed E-state index contributed by atoms with van der Waals surface area (Å²) in [6.45, 7) is 6.61. The average Bonchev–Trinajstić information content (AvgIpc) is 3.37. The lowest BCUT2D eigenvalue weighted by molar-refractivity contribution is -0.138. The first-order chi connectivity index (χ1) is 17.3. The zero-order chi connectivity index (χ0) is 25.3. The second-order valence-corrected chi connectivity index (χ2v) is 11.5. The van der Waals surface area contributed by atoms with Crippen LogP contribution in [0.15, 0.2) is 41.3 Å². The maximum absolute atomic E-state index is 13.2. The molecule has 0 aromatic heterocycles. The maximum Gasteiger partial charge on any atom is 0.243 e. The fourth-order valence-corrected chi connectivity index (χ4v) is 6.74. The molecular formula is C26H33N3O6S. The lowest BCUT2D eigenvalue weighted by Crippen LogP contribution is -2.51. The van der Waals surface area contributed by atoms with Gasteiger partial charge >= 0.3 is 0 Å². The molecule has 0 spiro atoms. The Bertz CT molecular complexity index is 1220. The van der Waals surface area contributed by atoms with E-state index in [-0.39, 0.29) is 23.5 Å². The zero-order valence-corrected chi connectivity index (χ0v) is 21.6. The van der Waals surface area contributed by atoms with Crippen LogP contribution in [-0.2, 0) is 21.4 Å². The SMILES string of the molecule is COc1ccc(S(=O)(=O)N2CCC(C(=O)N3CCN(Cc4ccc5c(c4)OCO5)CC3)CC2)cc1C. The van der Waals surface area contributed by atoms with Crippen LogP contribution >= 0.6 is 0 Å². The highest BCUT2D eigenvalue weighted by Crippen LogP contribution is 2.33. The predicted molar refractivity (Wildman–Crippen MR) is 134 cm³/mol. The van der Waals surface area contributed by atoms with Crippen LogP contribution < -0.4 is 14.2 Å². The molecule has 3 aliphatic heterocycles. The molecule has 0 bridgehead atoms. The first kappa shape index (κ1) is 24.9. The molecule has 2 saturated heterocycles. The number of amides is 1. The van der Waals surface area contributed by atoms with E-state index < -0.39 is 10.0 Å². The van der Waals surface area contributed by atoms with Gasteiger partial charge in [-0.25, -0.2) is 8.42 Å². The smallest absolute Gasteiger partial charge is 0.243 e. The highest BCUT2D eigenvalue weighted by atomic mass is 32.2. The third kappa shape index (κ3) is 5.02. The van der Waals surface area contributed by atoms with Crippen LogP contribution in [0, 0.1) is 12.8 Å². The lowest BCUT2D eigenvalue weighted by atomic mass is 9.96. The number of nitrogens with zero attached hydrogens (tertiary/aromatic N) is 3. The molecule has 3 aliphatic rings. The summed E-state index contributed by atoms with van der Waals surface area (Å²) >= 11 is 0. The van der Waals surface area contributed by atoms with Gasteiger partial charge in [0.15, 0.2) is 11.5 Å². The first-order valence-electron chi connectivity index (χ1n) is 12.4. The number of benzene rings is 2. The number of hydrogen-bond acceptors (Lipinski definition) is 7. The van der Waals surface area contributed by atoms with E-state index in [1.807, 2.05) is 24.0 Å². The van der Waals surface area contributed by atoms with E-state index in [2.05, 4.69) is 11.0 Å². The van der Waals surface area contributed by atoms with Gasteiger partial charge in [-0.3, -0.25) is 9.69 Å². The van der Waals surface area contributed by atoms with Crippen LogP contribution in [-0.4, -0.2) is 81.6 Å². The maximum atomic E-state index is 13.2. The Balaban J connectivity index is 1.11. The van der Waals surface area contributed by atoms with Gasteiger partial charge in [0.25, 0.3) is 0 Å². The van der Waals surface area contributed by atoms with Gasteiger partial charge in [-0.2, -0.15) is 4.31 Å². The molecule has 2 aromatic carbocycles. The Labute approximate surface area is 212 Å². The molecule has 0 aliphatic carbocycles. The molecule has 2 aromatic rings. The molecule has 3 heterocycles. The number of ether oxygens (including phenoxy) is 3. The van der Waals surface area contributed by atoms with Gasteiger partial charge in [-0.1, -0.05) is 6.07 Å². The Hall–Kier alpha value is -2.82. The van der Waals surface area contributed by atoms with Gasteiger partial charge in [0.2, 0.25) is 22.7 Å². The fraction of sp³-hybridized carbons (Fsp3) is 0.500. The van der Waals surface area contributed by atoms with Crippen LogP contribution in [0.4, 0.5) is 0 Å². The van der Waals surface area contributed by atoms with Crippen molar-refractivity contribution in [3.05, 3.63) is 47.5 Å². The molecular weight excluding hydrogens is 482 g/mol. The van der Waals surface area contributed by atoms with Crippen molar-refractivity contribution in [3.8, 4) is 17.2 Å². The summed E-state index contributed by atoms with van der Waals surface area (Å²) < 4.78 is 43.9. The van der Waals surface area contributed by atoms with E-state index in [1.54, 1.807) is 25.3 Å². The largest absolute Gasteiger partial charge is 0.496 e. The van der Waals surface area contributed by atoms with Crippen molar-refractivity contribution in [2.75, 3.05) is 53.2 Å². The second-order valence-electron chi connectivity index (χ2n) is 9.60. The molecule has 0 saturated carbocycles. The van der Waals surface area contributed by atoms with Crippen LogP contribution in [0.5, 0.6) is 17.2 Å². The minimum absolute atomic E-state index is 0.130. The lowest BCUT2D eigenvalue weighted by Gasteiger charge is -2.38. The monoisotopic (exact) mass is 515 g/mol. The van der Waals surface area contributed by atoms with Gasteiger partial charge in [0.1, 0.15) is 5.75 Å². The summed E-state index contributed by atoms with van der Waals surface area (Å²) in [6, 6.07) is 10.9. The van der Waals surface area contributed by atoms with Crippen molar-refractivity contribution in [2.24, 2.45) is 5.92 Å². The van der Waals surface area contributed by atoms with E-state index in [0.717, 1.165) is 36.7 Å². The standard InChI is InChI=1S/C26H33N3O6S/c1-19-15-22(4-6-23(19)33-2)36(31,32)29-9-7-21(8-10-29)26(30)28-13-11-27(12-14-28)17-20-3-5-24-25(16-20)35-18-34-24/h3-6,15-16,21H,7-14,17-18H2,1-2H3. The summed E-state index contributed by atoms with van der Waals surface area (Å²) in [7, 11) is -2.03. The number of methoxy groups -OCH3 is 1. The van der Waals surface area contributed by atoms with E-state index in [4.69, 9.17) is 14.2 Å². The van der Waals surface area contributed by atoms with Crippen LogP contribution in [0.3, 0.4) is 0 Å². The Morgan fingerprint density at radius 2 is 1.69 bits per heavy atom. The molecule has 10 heteroatoms. The van der Waals surface area contributed by atoms with Gasteiger partial charge in [0, 0.05) is 51.7 Å². The molecule has 0 atom stereocenters. The molecule has 194 valence electrons. The number of piperazine rings is 1. The Kier molecular flexibility index (Phi) is 7.09. The predicted octanol–water partition coefficient (Wildman–Crippen LogP) is 2.48. The van der Waals surface area contributed by atoms with Crippen molar-refractivity contribution >= 4 is 15.9 Å². The van der Waals surface area contributed by atoms with E-state index in [0.29, 0.717) is 44.8 Å². The van der Waals surface area contributed by atoms with E-state index in [9.17, 15) is 13.2 Å². The Morgan fingerprint density at radius 3 is 2.39 bits per heavy atom. The summed E-state index contributed by atoms with van der Waals surface area (Å²) in [4.78, 5) is 17.7. The molecule has 0 radical (unpaired) electrons. The second kappa shape index (κ2) is 10.3.